The molecular weight excluding hydrogens is 316 g/mol. The monoisotopic (exact) mass is 352 g/mol. The third kappa shape index (κ3) is 3.90. The maximum absolute atomic E-state index is 11.0. The Kier molecular flexibility index (Phi) is 5.10. The Morgan fingerprint density at radius 3 is 2.25 bits per heavy atom. The van der Waals surface area contributed by atoms with E-state index in [-0.39, 0.29) is 16.6 Å². The smallest absolute Gasteiger partial charge is 0.192 e. The molecule has 0 bridgehead atoms. The molecule has 0 aromatic rings. The molecule has 1 heterocycles. The molecule has 138 valence electrons. The average molecular weight is 353 g/mol. The van der Waals surface area contributed by atoms with E-state index in [9.17, 15) is 5.11 Å². The van der Waals surface area contributed by atoms with Crippen molar-refractivity contribution in [3.63, 3.8) is 0 Å². The maximum atomic E-state index is 11.0. The fourth-order valence-corrected chi connectivity index (χ4v) is 4.02. The molecule has 1 saturated heterocycles. The fraction of sp³-hybridized carbons (Fsp3) is 0.900. The molecule has 4 heteroatoms. The zero-order chi connectivity index (χ0) is 18.4. The minimum Gasteiger partial charge on any atom is -0.414 e. The van der Waals surface area contributed by atoms with Gasteiger partial charge in [-0.1, -0.05) is 52.9 Å². The molecule has 0 aromatic heterocycles. The Hall–Kier alpha value is -0.343. The van der Waals surface area contributed by atoms with Gasteiger partial charge in [0.2, 0.25) is 0 Å². The van der Waals surface area contributed by atoms with Crippen molar-refractivity contribution in [3.8, 4) is 11.8 Å². The summed E-state index contributed by atoms with van der Waals surface area (Å²) in [5, 5.41) is 11.2. The largest absolute Gasteiger partial charge is 0.414 e. The number of hydrogen-bond acceptors (Lipinski definition) is 3. The van der Waals surface area contributed by atoms with Crippen molar-refractivity contribution in [2.75, 3.05) is 6.61 Å². The Labute approximate surface area is 149 Å². The van der Waals surface area contributed by atoms with Crippen LogP contribution in [-0.4, -0.2) is 37.3 Å². The Morgan fingerprint density at radius 1 is 1.12 bits per heavy atom. The predicted molar refractivity (Wildman–Crippen MR) is 101 cm³/mol. The van der Waals surface area contributed by atoms with Crippen LogP contribution in [0.4, 0.5) is 0 Å². The first-order valence-corrected chi connectivity index (χ1v) is 12.2. The van der Waals surface area contributed by atoms with Gasteiger partial charge in [0.15, 0.2) is 13.9 Å². The summed E-state index contributed by atoms with van der Waals surface area (Å²) < 4.78 is 12.1. The number of rotatable bonds is 3. The van der Waals surface area contributed by atoms with Crippen molar-refractivity contribution in [3.05, 3.63) is 0 Å². The molecular formula is C20H36O3Si. The van der Waals surface area contributed by atoms with Gasteiger partial charge >= 0.3 is 0 Å². The Morgan fingerprint density at radius 2 is 1.71 bits per heavy atom. The second-order valence-corrected chi connectivity index (χ2v) is 14.8. The molecule has 2 rings (SSSR count). The van der Waals surface area contributed by atoms with E-state index in [1.807, 2.05) is 6.92 Å². The third-order valence-electron chi connectivity index (χ3n) is 6.57. The summed E-state index contributed by atoms with van der Waals surface area (Å²) in [6.07, 6.45) is 4.02. The molecule has 1 aliphatic carbocycles. The summed E-state index contributed by atoms with van der Waals surface area (Å²) in [5.41, 5.74) is -1.52. The van der Waals surface area contributed by atoms with Crippen molar-refractivity contribution in [2.24, 2.45) is 5.41 Å². The van der Waals surface area contributed by atoms with Crippen molar-refractivity contribution in [1.82, 2.24) is 0 Å². The van der Waals surface area contributed by atoms with Crippen molar-refractivity contribution >= 4 is 8.32 Å². The quantitative estimate of drug-likeness (QED) is 0.462. The van der Waals surface area contributed by atoms with Gasteiger partial charge in [0.1, 0.15) is 11.7 Å². The van der Waals surface area contributed by atoms with Crippen LogP contribution in [0.1, 0.15) is 67.2 Å². The second kappa shape index (κ2) is 6.12. The van der Waals surface area contributed by atoms with Gasteiger partial charge < -0.3 is 14.3 Å². The summed E-state index contributed by atoms with van der Waals surface area (Å²) >= 11 is 0. The number of hydrogen-bond donors (Lipinski definition) is 1. The first-order valence-electron chi connectivity index (χ1n) is 9.31. The summed E-state index contributed by atoms with van der Waals surface area (Å²) in [5.74, 6) is 6.42. The van der Waals surface area contributed by atoms with Crippen LogP contribution in [0.25, 0.3) is 0 Å². The van der Waals surface area contributed by atoms with Crippen LogP contribution in [0.2, 0.25) is 18.1 Å². The Bertz CT molecular complexity index is 537. The van der Waals surface area contributed by atoms with Crippen molar-refractivity contribution < 1.29 is 14.3 Å². The number of aliphatic hydroxyl groups is 1. The summed E-state index contributed by atoms with van der Waals surface area (Å²) in [7, 11) is -1.76. The maximum Gasteiger partial charge on any atom is 0.192 e. The van der Waals surface area contributed by atoms with Crippen LogP contribution >= 0.6 is 0 Å². The lowest BCUT2D eigenvalue weighted by atomic mass is 9.65. The van der Waals surface area contributed by atoms with E-state index in [1.165, 1.54) is 6.42 Å². The standard InChI is InChI=1S/C20H36O3Si/c1-17(2,3)24(7,8)22-15-16-19(6,23-16)13-14-20(21)12-10-9-11-18(20,4)5/h16,21H,9-12,15H2,1-8H3/t16-,19+,20?/m1/s1. The van der Waals surface area contributed by atoms with Crippen LogP contribution in [0, 0.1) is 17.3 Å². The molecule has 0 radical (unpaired) electrons. The topological polar surface area (TPSA) is 42.0 Å². The molecule has 1 saturated carbocycles. The lowest BCUT2D eigenvalue weighted by Crippen LogP contribution is -2.46. The molecule has 3 nitrogen and oxygen atoms in total. The van der Waals surface area contributed by atoms with Crippen molar-refractivity contribution in [2.45, 2.75) is 103 Å². The van der Waals surface area contributed by atoms with Crippen LogP contribution in [0.5, 0.6) is 0 Å². The highest BCUT2D eigenvalue weighted by atomic mass is 28.4. The van der Waals surface area contributed by atoms with E-state index in [2.05, 4.69) is 59.6 Å². The molecule has 1 aliphatic heterocycles. The highest BCUT2D eigenvalue weighted by Gasteiger charge is 2.53. The summed E-state index contributed by atoms with van der Waals surface area (Å²) in [6, 6.07) is 0. The van der Waals surface area contributed by atoms with Gasteiger partial charge in [-0.2, -0.15) is 0 Å². The highest BCUT2D eigenvalue weighted by Crippen LogP contribution is 2.45. The Balaban J connectivity index is 1.99. The van der Waals surface area contributed by atoms with Gasteiger partial charge in [-0.25, -0.2) is 0 Å². The predicted octanol–water partition coefficient (Wildman–Crippen LogP) is 4.50. The molecule has 24 heavy (non-hydrogen) atoms. The lowest BCUT2D eigenvalue weighted by molar-refractivity contribution is -0.0482. The van der Waals surface area contributed by atoms with E-state index in [1.54, 1.807) is 0 Å². The van der Waals surface area contributed by atoms with Gasteiger partial charge in [-0.3, -0.25) is 0 Å². The molecule has 1 N–H and O–H groups in total. The fourth-order valence-electron chi connectivity index (χ4n) is 3.02. The molecule has 2 aliphatic rings. The normalized spacial score (nSPS) is 36.0. The number of epoxide rings is 1. The minimum atomic E-state index is -1.76. The van der Waals surface area contributed by atoms with Crippen LogP contribution in [0.15, 0.2) is 0 Å². The zero-order valence-corrected chi connectivity index (χ0v) is 17.9. The minimum absolute atomic E-state index is 0.0226. The van der Waals surface area contributed by atoms with E-state index < -0.39 is 19.5 Å². The summed E-state index contributed by atoms with van der Waals surface area (Å²) in [4.78, 5) is 0. The van der Waals surface area contributed by atoms with Gasteiger partial charge in [-0.05, 0) is 44.3 Å². The summed E-state index contributed by atoms with van der Waals surface area (Å²) in [6.45, 7) is 18.1. The van der Waals surface area contributed by atoms with Gasteiger partial charge in [0.25, 0.3) is 0 Å². The third-order valence-corrected chi connectivity index (χ3v) is 11.1. The SMILES string of the molecule is CC1(C)CCCCC1(O)C#C[C@]1(C)O[C@@H]1CO[Si](C)(C)C(C)(C)C. The van der Waals surface area contributed by atoms with Gasteiger partial charge in [0, 0.05) is 5.41 Å². The molecule has 1 unspecified atom stereocenters. The highest BCUT2D eigenvalue weighted by molar-refractivity contribution is 6.74. The number of ether oxygens (including phenoxy) is 1. The molecule has 2 fully saturated rings. The molecule has 3 atom stereocenters. The van der Waals surface area contributed by atoms with Crippen LogP contribution < -0.4 is 0 Å². The van der Waals surface area contributed by atoms with Gasteiger partial charge in [-0.15, -0.1) is 0 Å². The first-order chi connectivity index (χ1) is 10.7. The van der Waals surface area contributed by atoms with E-state index in [4.69, 9.17) is 9.16 Å². The average Bonchev–Trinajstić information content (AvgIpc) is 3.08. The molecule has 0 aromatic carbocycles. The van der Waals surface area contributed by atoms with Crippen LogP contribution in [0.3, 0.4) is 0 Å². The zero-order valence-electron chi connectivity index (χ0n) is 16.9. The molecule has 0 amide bonds. The van der Waals surface area contributed by atoms with Gasteiger partial charge in [0.05, 0.1) is 6.61 Å². The van der Waals surface area contributed by atoms with E-state index in [0.717, 1.165) is 19.3 Å². The second-order valence-electron chi connectivity index (χ2n) is 9.99. The first kappa shape index (κ1) is 20.0. The molecule has 0 spiro atoms. The van der Waals surface area contributed by atoms with E-state index >= 15 is 0 Å². The van der Waals surface area contributed by atoms with Crippen LogP contribution in [-0.2, 0) is 9.16 Å². The van der Waals surface area contributed by atoms with E-state index in [0.29, 0.717) is 6.61 Å². The van der Waals surface area contributed by atoms with Crippen molar-refractivity contribution in [1.29, 1.82) is 0 Å². The lowest BCUT2D eigenvalue weighted by Gasteiger charge is -2.43.